The molecule has 1 aliphatic carbocycles. The molecule has 4 atom stereocenters. The Hall–Kier alpha value is -1.66. The van der Waals surface area contributed by atoms with Gasteiger partial charge in [-0.2, -0.15) is 0 Å². The monoisotopic (exact) mass is 333 g/mol. The van der Waals surface area contributed by atoms with Gasteiger partial charge >= 0.3 is 0 Å². The van der Waals surface area contributed by atoms with Crippen molar-refractivity contribution in [2.24, 2.45) is 11.8 Å². The topological polar surface area (TPSA) is 63.7 Å². The van der Waals surface area contributed by atoms with Gasteiger partial charge in [0.05, 0.1) is 24.9 Å². The van der Waals surface area contributed by atoms with Crippen LogP contribution in [0.5, 0.6) is 5.88 Å². The summed E-state index contributed by atoms with van der Waals surface area (Å²) in [5.41, 5.74) is 1.04. The van der Waals surface area contributed by atoms with E-state index in [9.17, 15) is 4.79 Å². The maximum atomic E-state index is 11.4. The summed E-state index contributed by atoms with van der Waals surface area (Å²) in [5, 5.41) is 3.06. The van der Waals surface area contributed by atoms with Crippen LogP contribution in [0.25, 0.3) is 0 Å². The van der Waals surface area contributed by atoms with Gasteiger partial charge in [-0.05, 0) is 30.7 Å². The second-order valence-electron chi connectivity index (χ2n) is 6.94. The summed E-state index contributed by atoms with van der Waals surface area (Å²) in [6.07, 6.45) is 2.11. The third-order valence-electron chi connectivity index (χ3n) is 5.26. The highest BCUT2D eigenvalue weighted by Crippen LogP contribution is 2.38. The summed E-state index contributed by atoms with van der Waals surface area (Å²) < 4.78 is 10.8. The fourth-order valence-corrected chi connectivity index (χ4v) is 4.20. The van der Waals surface area contributed by atoms with E-state index >= 15 is 0 Å². The number of pyridine rings is 1. The van der Waals surface area contributed by atoms with Gasteiger partial charge in [0, 0.05) is 39.7 Å². The first-order chi connectivity index (χ1) is 11.6. The molecule has 1 saturated carbocycles. The summed E-state index contributed by atoms with van der Waals surface area (Å²) in [4.78, 5) is 18.4. The number of amides is 1. The van der Waals surface area contributed by atoms with E-state index in [1.54, 1.807) is 21.1 Å². The van der Waals surface area contributed by atoms with Crippen LogP contribution < -0.4 is 10.1 Å². The molecule has 1 aliphatic heterocycles. The lowest BCUT2D eigenvalue weighted by atomic mass is 9.77. The molecular weight excluding hydrogens is 306 g/mol. The van der Waals surface area contributed by atoms with Crippen molar-refractivity contribution in [3.8, 4) is 5.88 Å². The summed E-state index contributed by atoms with van der Waals surface area (Å²) in [6, 6.07) is 6.03. The minimum absolute atomic E-state index is 0.0240. The first-order valence-corrected chi connectivity index (χ1v) is 8.61. The Labute approximate surface area is 143 Å². The minimum Gasteiger partial charge on any atom is -0.481 e. The van der Waals surface area contributed by atoms with Crippen molar-refractivity contribution in [1.29, 1.82) is 0 Å². The number of rotatable bonds is 5. The van der Waals surface area contributed by atoms with E-state index in [1.807, 2.05) is 18.2 Å². The van der Waals surface area contributed by atoms with Gasteiger partial charge in [-0.15, -0.1) is 0 Å². The number of carbonyl (C=O) groups excluding carboxylic acids is 1. The number of nitrogens with one attached hydrogen (secondary N) is 1. The van der Waals surface area contributed by atoms with Crippen molar-refractivity contribution in [3.05, 3.63) is 23.9 Å². The molecule has 0 bridgehead atoms. The summed E-state index contributed by atoms with van der Waals surface area (Å²) >= 11 is 0. The Balaban J connectivity index is 1.62. The summed E-state index contributed by atoms with van der Waals surface area (Å²) in [7, 11) is 3.39. The van der Waals surface area contributed by atoms with E-state index in [0.717, 1.165) is 38.2 Å². The molecule has 1 saturated heterocycles. The van der Waals surface area contributed by atoms with E-state index < -0.39 is 0 Å². The van der Waals surface area contributed by atoms with Crippen molar-refractivity contribution in [2.45, 2.75) is 38.5 Å². The van der Waals surface area contributed by atoms with E-state index in [0.29, 0.717) is 17.7 Å². The molecule has 1 aromatic rings. The fraction of sp³-hybridized carbons (Fsp3) is 0.667. The average molecular weight is 333 g/mol. The van der Waals surface area contributed by atoms with Gasteiger partial charge < -0.3 is 14.8 Å². The number of carbonyl (C=O) groups is 1. The third-order valence-corrected chi connectivity index (χ3v) is 5.26. The van der Waals surface area contributed by atoms with Crippen molar-refractivity contribution in [2.75, 3.05) is 27.3 Å². The Kier molecular flexibility index (Phi) is 5.36. The van der Waals surface area contributed by atoms with Gasteiger partial charge in [0.25, 0.3) is 0 Å². The van der Waals surface area contributed by atoms with Crippen LogP contribution in [0.4, 0.5) is 0 Å². The number of methoxy groups -OCH3 is 2. The number of hydrogen-bond acceptors (Lipinski definition) is 5. The summed E-state index contributed by atoms with van der Waals surface area (Å²) in [6.45, 7) is 4.53. The van der Waals surface area contributed by atoms with E-state index in [1.165, 1.54) is 0 Å². The van der Waals surface area contributed by atoms with Gasteiger partial charge in [0.2, 0.25) is 11.8 Å². The molecule has 24 heavy (non-hydrogen) atoms. The molecule has 6 nitrogen and oxygen atoms in total. The normalized spacial score (nSPS) is 30.0. The second kappa shape index (κ2) is 7.49. The molecule has 1 amide bonds. The molecule has 0 spiro atoms. The predicted octanol–water partition coefficient (Wildman–Crippen LogP) is 1.45. The summed E-state index contributed by atoms with van der Waals surface area (Å²) in [5.74, 6) is 1.93. The van der Waals surface area contributed by atoms with Crippen molar-refractivity contribution in [3.63, 3.8) is 0 Å². The SMILES string of the molecule is COc1cccc(CN2C[C@H]3C[C@@H](NC(C)=O)[C@H](OC)C[C@H]3C2)n1. The lowest BCUT2D eigenvalue weighted by Crippen LogP contribution is -2.49. The molecule has 1 N–H and O–H groups in total. The molecule has 3 rings (SSSR count). The van der Waals surface area contributed by atoms with Crippen molar-refractivity contribution >= 4 is 5.91 Å². The van der Waals surface area contributed by atoms with E-state index in [4.69, 9.17) is 9.47 Å². The van der Waals surface area contributed by atoms with Crippen LogP contribution in [0.1, 0.15) is 25.5 Å². The fourth-order valence-electron chi connectivity index (χ4n) is 4.20. The van der Waals surface area contributed by atoms with Gasteiger partial charge in [-0.3, -0.25) is 9.69 Å². The molecule has 0 aromatic carbocycles. The maximum Gasteiger partial charge on any atom is 0.217 e. The first-order valence-electron chi connectivity index (χ1n) is 8.61. The first kappa shape index (κ1) is 17.2. The van der Waals surface area contributed by atoms with Crippen LogP contribution in [0.15, 0.2) is 18.2 Å². The quantitative estimate of drug-likeness (QED) is 0.884. The highest BCUT2D eigenvalue weighted by molar-refractivity contribution is 5.73. The molecule has 2 heterocycles. The number of nitrogens with zero attached hydrogens (tertiary/aromatic N) is 2. The molecule has 2 fully saturated rings. The van der Waals surface area contributed by atoms with Crippen LogP contribution in [-0.4, -0.2) is 55.2 Å². The molecule has 132 valence electrons. The number of aromatic nitrogens is 1. The Morgan fingerprint density at radius 2 is 2.04 bits per heavy atom. The smallest absolute Gasteiger partial charge is 0.217 e. The standard InChI is InChI=1S/C18H27N3O3/c1-12(22)19-16-7-13-9-21(10-14(13)8-17(16)23-2)11-15-5-4-6-18(20-15)24-3/h4-6,13-14,16-17H,7-11H2,1-3H3,(H,19,22)/t13-,14+,16-,17-/m1/s1. The Bertz CT molecular complexity index is 580. The van der Waals surface area contributed by atoms with Crippen molar-refractivity contribution < 1.29 is 14.3 Å². The number of hydrogen-bond donors (Lipinski definition) is 1. The molecule has 0 radical (unpaired) electrons. The van der Waals surface area contributed by atoms with Gasteiger partial charge in [-0.1, -0.05) is 6.07 Å². The lowest BCUT2D eigenvalue weighted by Gasteiger charge is -2.37. The number of likely N-dealkylation sites (tertiary alicyclic amines) is 1. The van der Waals surface area contributed by atoms with E-state index in [-0.39, 0.29) is 18.1 Å². The molecule has 6 heteroatoms. The van der Waals surface area contributed by atoms with Crippen LogP contribution >= 0.6 is 0 Å². The molecular formula is C18H27N3O3. The lowest BCUT2D eigenvalue weighted by molar-refractivity contribution is -0.121. The van der Waals surface area contributed by atoms with E-state index in [2.05, 4.69) is 15.2 Å². The number of ether oxygens (including phenoxy) is 2. The highest BCUT2D eigenvalue weighted by atomic mass is 16.5. The maximum absolute atomic E-state index is 11.4. The highest BCUT2D eigenvalue weighted by Gasteiger charge is 2.42. The zero-order valence-electron chi connectivity index (χ0n) is 14.7. The number of fused-ring (bicyclic) bond motifs is 1. The molecule has 2 aliphatic rings. The van der Waals surface area contributed by atoms with Crippen molar-refractivity contribution in [1.82, 2.24) is 15.2 Å². The minimum atomic E-state index is 0.0240. The van der Waals surface area contributed by atoms with Gasteiger partial charge in [-0.25, -0.2) is 4.98 Å². The zero-order valence-corrected chi connectivity index (χ0v) is 14.7. The largest absolute Gasteiger partial charge is 0.481 e. The van der Waals surface area contributed by atoms with Crippen LogP contribution in [0.3, 0.4) is 0 Å². The molecule has 1 aromatic heterocycles. The zero-order chi connectivity index (χ0) is 17.1. The second-order valence-corrected chi connectivity index (χ2v) is 6.94. The third kappa shape index (κ3) is 3.87. The van der Waals surface area contributed by atoms with Crippen LogP contribution in [0, 0.1) is 11.8 Å². The molecule has 0 unspecified atom stereocenters. The van der Waals surface area contributed by atoms with Gasteiger partial charge in [0.1, 0.15) is 0 Å². The average Bonchev–Trinajstić information content (AvgIpc) is 2.94. The predicted molar refractivity (Wildman–Crippen MR) is 90.7 cm³/mol. The Morgan fingerprint density at radius 3 is 2.71 bits per heavy atom. The Morgan fingerprint density at radius 1 is 1.29 bits per heavy atom. The van der Waals surface area contributed by atoms with Crippen LogP contribution in [-0.2, 0) is 16.1 Å². The van der Waals surface area contributed by atoms with Crippen LogP contribution in [0.2, 0.25) is 0 Å². The van der Waals surface area contributed by atoms with Gasteiger partial charge in [0.15, 0.2) is 0 Å².